The fourth-order valence-corrected chi connectivity index (χ4v) is 0.898. The summed E-state index contributed by atoms with van der Waals surface area (Å²) in [5.74, 6) is -0.874. The summed E-state index contributed by atoms with van der Waals surface area (Å²) in [5.41, 5.74) is 0.227. The summed E-state index contributed by atoms with van der Waals surface area (Å²) in [6, 6.07) is 0. The zero-order valence-electron chi connectivity index (χ0n) is 7.58. The molecule has 0 aliphatic carbocycles. The molecular formula is C8H11NO5. The molecule has 1 heterocycles. The molecule has 1 aromatic rings. The van der Waals surface area contributed by atoms with Gasteiger partial charge in [0.15, 0.2) is 6.10 Å². The van der Waals surface area contributed by atoms with Crippen LogP contribution in [0.4, 0.5) is 0 Å². The standard InChI is InChI=1S/C8H11NO5/c1-2-13-8(12)7(11)6(10)5-3-9-14-4-5/h3-4,6-7,10-11H,2H2,1H3. The lowest BCUT2D eigenvalue weighted by Gasteiger charge is -2.13. The van der Waals surface area contributed by atoms with Gasteiger partial charge in [0.2, 0.25) is 0 Å². The lowest BCUT2D eigenvalue weighted by Crippen LogP contribution is -2.29. The summed E-state index contributed by atoms with van der Waals surface area (Å²) in [4.78, 5) is 11.0. The van der Waals surface area contributed by atoms with Crippen molar-refractivity contribution in [2.45, 2.75) is 19.1 Å². The molecular weight excluding hydrogens is 190 g/mol. The van der Waals surface area contributed by atoms with Crippen LogP contribution in [0, 0.1) is 0 Å². The Bertz CT molecular complexity index is 284. The van der Waals surface area contributed by atoms with E-state index >= 15 is 0 Å². The molecule has 6 heteroatoms. The minimum Gasteiger partial charge on any atom is -0.464 e. The maximum atomic E-state index is 11.0. The van der Waals surface area contributed by atoms with Crippen LogP contribution in [-0.2, 0) is 9.53 Å². The largest absolute Gasteiger partial charge is 0.464 e. The molecule has 2 unspecified atom stereocenters. The number of aliphatic hydroxyl groups excluding tert-OH is 2. The van der Waals surface area contributed by atoms with E-state index in [2.05, 4.69) is 14.4 Å². The molecule has 0 aliphatic rings. The molecule has 0 bridgehead atoms. The molecule has 0 aromatic carbocycles. The molecule has 2 atom stereocenters. The first kappa shape index (κ1) is 10.7. The lowest BCUT2D eigenvalue weighted by molar-refractivity contribution is -0.159. The molecule has 0 fully saturated rings. The van der Waals surface area contributed by atoms with E-state index in [0.29, 0.717) is 0 Å². The van der Waals surface area contributed by atoms with Gasteiger partial charge in [-0.3, -0.25) is 0 Å². The van der Waals surface area contributed by atoms with Crippen molar-refractivity contribution in [1.82, 2.24) is 5.16 Å². The molecule has 6 nitrogen and oxygen atoms in total. The van der Waals surface area contributed by atoms with Crippen LogP contribution < -0.4 is 0 Å². The first-order chi connectivity index (χ1) is 6.66. The Hall–Kier alpha value is -1.40. The highest BCUT2D eigenvalue weighted by atomic mass is 16.5. The second-order valence-electron chi connectivity index (χ2n) is 2.60. The van der Waals surface area contributed by atoms with E-state index in [1.165, 1.54) is 6.20 Å². The van der Waals surface area contributed by atoms with Crippen molar-refractivity contribution in [3.8, 4) is 0 Å². The molecule has 0 aliphatic heterocycles. The third kappa shape index (κ3) is 2.30. The highest BCUT2D eigenvalue weighted by molar-refractivity contribution is 5.75. The number of carbonyl (C=O) groups is 1. The summed E-state index contributed by atoms with van der Waals surface area (Å²) >= 11 is 0. The smallest absolute Gasteiger partial charge is 0.338 e. The predicted octanol–water partition coefficient (Wildman–Crippen LogP) is -0.368. The third-order valence-electron chi connectivity index (χ3n) is 1.62. The minimum absolute atomic E-state index is 0.145. The van der Waals surface area contributed by atoms with E-state index in [4.69, 9.17) is 0 Å². The van der Waals surface area contributed by atoms with E-state index in [1.54, 1.807) is 6.92 Å². The van der Waals surface area contributed by atoms with Crippen LogP contribution in [0.15, 0.2) is 17.0 Å². The molecule has 78 valence electrons. The molecule has 0 amide bonds. The molecule has 1 rings (SSSR count). The normalized spacial score (nSPS) is 14.8. The Labute approximate surface area is 80.1 Å². The van der Waals surface area contributed by atoms with Crippen molar-refractivity contribution >= 4 is 5.97 Å². The Morgan fingerprint density at radius 2 is 2.43 bits per heavy atom. The van der Waals surface area contributed by atoms with Gasteiger partial charge in [-0.2, -0.15) is 0 Å². The zero-order valence-corrected chi connectivity index (χ0v) is 7.58. The highest BCUT2D eigenvalue weighted by Crippen LogP contribution is 2.16. The average Bonchev–Trinajstić information content (AvgIpc) is 2.68. The average molecular weight is 201 g/mol. The van der Waals surface area contributed by atoms with Crippen LogP contribution in [0.3, 0.4) is 0 Å². The molecule has 2 N–H and O–H groups in total. The SMILES string of the molecule is CCOC(=O)C(O)C(O)c1cnoc1. The highest BCUT2D eigenvalue weighted by Gasteiger charge is 2.27. The van der Waals surface area contributed by atoms with Crippen LogP contribution >= 0.6 is 0 Å². The zero-order chi connectivity index (χ0) is 10.6. The van der Waals surface area contributed by atoms with Crippen molar-refractivity contribution in [2.75, 3.05) is 6.61 Å². The first-order valence-corrected chi connectivity index (χ1v) is 4.08. The first-order valence-electron chi connectivity index (χ1n) is 4.08. The fraction of sp³-hybridized carbons (Fsp3) is 0.500. The van der Waals surface area contributed by atoms with Gasteiger partial charge >= 0.3 is 5.97 Å². The second-order valence-corrected chi connectivity index (χ2v) is 2.60. The third-order valence-corrected chi connectivity index (χ3v) is 1.62. The molecule has 0 spiro atoms. The van der Waals surface area contributed by atoms with Gasteiger partial charge in [-0.15, -0.1) is 0 Å². The van der Waals surface area contributed by atoms with Gasteiger partial charge < -0.3 is 19.5 Å². The fourth-order valence-electron chi connectivity index (χ4n) is 0.898. The van der Waals surface area contributed by atoms with E-state index < -0.39 is 18.2 Å². The summed E-state index contributed by atoms with van der Waals surface area (Å²) in [6.45, 7) is 1.75. The van der Waals surface area contributed by atoms with Crippen LogP contribution in [0.1, 0.15) is 18.6 Å². The number of aromatic nitrogens is 1. The van der Waals surface area contributed by atoms with Gasteiger partial charge in [0.1, 0.15) is 12.4 Å². The van der Waals surface area contributed by atoms with Crippen molar-refractivity contribution in [1.29, 1.82) is 0 Å². The number of esters is 1. The second kappa shape index (κ2) is 4.73. The number of nitrogens with zero attached hydrogens (tertiary/aromatic N) is 1. The molecule has 0 saturated heterocycles. The number of ether oxygens (including phenoxy) is 1. The lowest BCUT2D eigenvalue weighted by atomic mass is 10.1. The summed E-state index contributed by atoms with van der Waals surface area (Å²) in [6.07, 6.45) is -0.630. The Morgan fingerprint density at radius 1 is 1.71 bits per heavy atom. The number of carbonyl (C=O) groups excluding carboxylic acids is 1. The van der Waals surface area contributed by atoms with Crippen LogP contribution in [0.25, 0.3) is 0 Å². The van der Waals surface area contributed by atoms with E-state index in [0.717, 1.165) is 6.26 Å². The van der Waals surface area contributed by atoms with Crippen molar-refractivity contribution < 1.29 is 24.3 Å². The van der Waals surface area contributed by atoms with E-state index in [-0.39, 0.29) is 12.2 Å². The molecule has 0 radical (unpaired) electrons. The quantitative estimate of drug-likeness (QED) is 0.646. The molecule has 1 aromatic heterocycles. The number of hydrogen-bond acceptors (Lipinski definition) is 6. The van der Waals surface area contributed by atoms with Crippen LogP contribution in [-0.4, -0.2) is 34.0 Å². The van der Waals surface area contributed by atoms with Crippen LogP contribution in [0.5, 0.6) is 0 Å². The van der Waals surface area contributed by atoms with Gasteiger partial charge in [0.25, 0.3) is 0 Å². The number of aliphatic hydroxyl groups is 2. The summed E-state index contributed by atoms with van der Waals surface area (Å²) in [7, 11) is 0. The van der Waals surface area contributed by atoms with Crippen molar-refractivity contribution in [3.63, 3.8) is 0 Å². The van der Waals surface area contributed by atoms with Crippen LogP contribution in [0.2, 0.25) is 0 Å². The van der Waals surface area contributed by atoms with Gasteiger partial charge in [0, 0.05) is 5.56 Å². The molecule has 0 saturated carbocycles. The van der Waals surface area contributed by atoms with E-state index in [1.807, 2.05) is 0 Å². The van der Waals surface area contributed by atoms with Gasteiger partial charge in [0.05, 0.1) is 12.8 Å². The maximum Gasteiger partial charge on any atom is 0.338 e. The van der Waals surface area contributed by atoms with Crippen molar-refractivity contribution in [3.05, 3.63) is 18.0 Å². The maximum absolute atomic E-state index is 11.0. The minimum atomic E-state index is -1.62. The van der Waals surface area contributed by atoms with Crippen molar-refractivity contribution in [2.24, 2.45) is 0 Å². The predicted molar refractivity (Wildman–Crippen MR) is 44.1 cm³/mol. The monoisotopic (exact) mass is 201 g/mol. The van der Waals surface area contributed by atoms with Gasteiger partial charge in [-0.05, 0) is 6.92 Å². The van der Waals surface area contributed by atoms with Gasteiger partial charge in [-0.1, -0.05) is 5.16 Å². The van der Waals surface area contributed by atoms with E-state index in [9.17, 15) is 15.0 Å². The topological polar surface area (TPSA) is 92.8 Å². The Kier molecular flexibility index (Phi) is 3.61. The summed E-state index contributed by atoms with van der Waals surface area (Å²) < 4.78 is 8.98. The summed E-state index contributed by atoms with van der Waals surface area (Å²) in [5, 5.41) is 22.1. The number of rotatable bonds is 4. The van der Waals surface area contributed by atoms with Gasteiger partial charge in [-0.25, -0.2) is 4.79 Å². The number of hydrogen-bond donors (Lipinski definition) is 2. The Balaban J connectivity index is 2.61. The molecule has 14 heavy (non-hydrogen) atoms. The Morgan fingerprint density at radius 3 is 2.93 bits per heavy atom.